The van der Waals surface area contributed by atoms with Crippen molar-refractivity contribution in [3.05, 3.63) is 53.6 Å². The number of alkyl halides is 1. The average molecular weight is 519 g/mol. The lowest BCUT2D eigenvalue weighted by molar-refractivity contribution is 0.0668. The highest BCUT2D eigenvalue weighted by Gasteiger charge is 2.39. The summed E-state index contributed by atoms with van der Waals surface area (Å²) in [5.74, 6) is 2.47. The van der Waals surface area contributed by atoms with Gasteiger partial charge in [-0.3, -0.25) is 9.29 Å². The zero-order valence-corrected chi connectivity index (χ0v) is 21.5. The molecule has 2 atom stereocenters. The van der Waals surface area contributed by atoms with Gasteiger partial charge in [0.05, 0.1) is 19.5 Å². The van der Waals surface area contributed by atoms with Crippen LogP contribution in [0.1, 0.15) is 29.9 Å². The molecule has 2 fully saturated rings. The summed E-state index contributed by atoms with van der Waals surface area (Å²) in [5.41, 5.74) is 2.20. The summed E-state index contributed by atoms with van der Waals surface area (Å²) in [7, 11) is -3.18. The van der Waals surface area contributed by atoms with Gasteiger partial charge in [-0.15, -0.1) is 0 Å². The van der Waals surface area contributed by atoms with Crippen molar-refractivity contribution in [2.45, 2.75) is 18.8 Å². The largest absolute Gasteiger partial charge is 0.508 e. The van der Waals surface area contributed by atoms with Crippen LogP contribution in [0.2, 0.25) is 0 Å². The lowest BCUT2D eigenvalue weighted by Crippen LogP contribution is -2.49. The highest BCUT2D eigenvalue weighted by molar-refractivity contribution is 7.88. The Labute approximate surface area is 212 Å². The van der Waals surface area contributed by atoms with Gasteiger partial charge >= 0.3 is 0 Å². The van der Waals surface area contributed by atoms with Crippen molar-refractivity contribution in [2.75, 3.05) is 58.9 Å². The van der Waals surface area contributed by atoms with Crippen LogP contribution in [0.5, 0.6) is 17.2 Å². The van der Waals surface area contributed by atoms with Gasteiger partial charge in [0.2, 0.25) is 10.0 Å². The summed E-state index contributed by atoms with van der Waals surface area (Å²) in [5, 5.41) is 9.99. The van der Waals surface area contributed by atoms with Gasteiger partial charge in [0, 0.05) is 62.1 Å². The number of fused-ring (bicyclic) bond motifs is 1. The molecule has 0 aromatic heterocycles. The topological polar surface area (TPSA) is 79.3 Å². The predicted octanol–water partition coefficient (Wildman–Crippen LogP) is 3.48. The van der Waals surface area contributed by atoms with E-state index < -0.39 is 10.0 Å². The van der Waals surface area contributed by atoms with Gasteiger partial charge in [0.1, 0.15) is 23.9 Å². The normalized spacial score (nSPS) is 24.1. The molecule has 1 N–H and O–H groups in total. The van der Waals surface area contributed by atoms with E-state index in [1.165, 1.54) is 6.26 Å². The van der Waals surface area contributed by atoms with Crippen LogP contribution in [0.4, 0.5) is 4.39 Å². The second-order valence-corrected chi connectivity index (χ2v) is 12.4. The second kappa shape index (κ2) is 10.6. The van der Waals surface area contributed by atoms with Crippen LogP contribution in [0, 0.1) is 17.8 Å². The zero-order valence-electron chi connectivity index (χ0n) is 20.7. The first-order valence-electron chi connectivity index (χ1n) is 12.7. The van der Waals surface area contributed by atoms with Crippen LogP contribution in [-0.2, 0) is 10.0 Å². The zero-order chi connectivity index (χ0) is 25.3. The molecule has 0 bridgehead atoms. The van der Waals surface area contributed by atoms with Crippen LogP contribution < -0.4 is 9.47 Å². The van der Waals surface area contributed by atoms with E-state index >= 15 is 0 Å². The van der Waals surface area contributed by atoms with Crippen molar-refractivity contribution in [1.82, 2.24) is 9.21 Å². The Morgan fingerprint density at radius 2 is 1.83 bits per heavy atom. The van der Waals surface area contributed by atoms with Gasteiger partial charge < -0.3 is 14.6 Å². The van der Waals surface area contributed by atoms with Crippen molar-refractivity contribution < 1.29 is 27.4 Å². The van der Waals surface area contributed by atoms with E-state index in [0.29, 0.717) is 38.0 Å². The summed E-state index contributed by atoms with van der Waals surface area (Å²) >= 11 is 0. The molecule has 3 heterocycles. The Bertz CT molecular complexity index is 1150. The number of sulfonamides is 1. The molecule has 2 aromatic carbocycles. The quantitative estimate of drug-likeness (QED) is 0.577. The standard InChI is InChI=1S/C27H35FN2O5S/c1-36(32,33)30-10-8-20(9-11-30)25-18-35-26-14-22(31)4-7-24(26)27(25)21-2-5-23(6-3-21)34-13-12-29-16-19(15-28)17-29/h2-7,14,19-20,25,27,31H,8-13,15-18H2,1H3/t25-,27-/m0/s1. The van der Waals surface area contributed by atoms with Crippen LogP contribution >= 0.6 is 0 Å². The second-order valence-electron chi connectivity index (χ2n) is 10.4. The first-order valence-corrected chi connectivity index (χ1v) is 14.6. The van der Waals surface area contributed by atoms with E-state index in [2.05, 4.69) is 17.0 Å². The van der Waals surface area contributed by atoms with Crippen molar-refractivity contribution >= 4 is 10.0 Å². The molecule has 9 heteroatoms. The summed E-state index contributed by atoms with van der Waals surface area (Å²) in [4.78, 5) is 2.20. The number of hydrogen-bond acceptors (Lipinski definition) is 6. The number of halogens is 1. The Kier molecular flexibility index (Phi) is 7.42. The fourth-order valence-corrected chi connectivity index (χ4v) is 6.78. The first-order chi connectivity index (χ1) is 17.3. The molecule has 0 aliphatic carbocycles. The minimum absolute atomic E-state index is 0.0805. The maximum absolute atomic E-state index is 12.6. The number of ether oxygens (including phenoxy) is 2. The molecule has 0 radical (unpaired) electrons. The molecular formula is C27H35FN2O5S. The molecule has 3 aliphatic heterocycles. The number of nitrogens with zero attached hydrogens (tertiary/aromatic N) is 2. The molecule has 196 valence electrons. The third kappa shape index (κ3) is 5.48. The highest BCUT2D eigenvalue weighted by Crippen LogP contribution is 2.47. The van der Waals surface area contributed by atoms with Gasteiger partial charge in [-0.25, -0.2) is 12.7 Å². The van der Waals surface area contributed by atoms with Crippen LogP contribution in [0.25, 0.3) is 0 Å². The number of benzene rings is 2. The van der Waals surface area contributed by atoms with Crippen molar-refractivity contribution in [3.63, 3.8) is 0 Å². The van der Waals surface area contributed by atoms with Crippen molar-refractivity contribution in [1.29, 1.82) is 0 Å². The van der Waals surface area contributed by atoms with E-state index in [1.807, 2.05) is 18.2 Å². The highest BCUT2D eigenvalue weighted by atomic mass is 32.2. The van der Waals surface area contributed by atoms with Gasteiger partial charge in [0.15, 0.2) is 0 Å². The van der Waals surface area contributed by atoms with E-state index in [1.54, 1.807) is 16.4 Å². The average Bonchev–Trinajstić information content (AvgIpc) is 2.84. The van der Waals surface area contributed by atoms with Gasteiger partial charge in [-0.05, 0) is 42.5 Å². The lowest BCUT2D eigenvalue weighted by atomic mass is 9.70. The summed E-state index contributed by atoms with van der Waals surface area (Å²) in [6, 6.07) is 13.5. The molecular weight excluding hydrogens is 483 g/mol. The SMILES string of the molecule is CS(=O)(=O)N1CCC([C@@H]2COc3cc(O)ccc3[C@@H]2c2ccc(OCCN3CC(CF)C3)cc2)CC1. The molecule has 2 aromatic rings. The summed E-state index contributed by atoms with van der Waals surface area (Å²) < 4.78 is 50.2. The van der Waals surface area contributed by atoms with Gasteiger partial charge in [-0.2, -0.15) is 0 Å². The number of piperidine rings is 1. The Balaban J connectivity index is 1.30. The molecule has 3 aliphatic rings. The molecule has 0 amide bonds. The molecule has 36 heavy (non-hydrogen) atoms. The number of rotatable bonds is 8. The summed E-state index contributed by atoms with van der Waals surface area (Å²) in [6.07, 6.45) is 2.87. The summed E-state index contributed by atoms with van der Waals surface area (Å²) in [6.45, 7) is 4.33. The van der Waals surface area contributed by atoms with E-state index in [-0.39, 0.29) is 30.2 Å². The van der Waals surface area contributed by atoms with Gasteiger partial charge in [-0.1, -0.05) is 18.2 Å². The van der Waals surface area contributed by atoms with Crippen molar-refractivity contribution in [3.8, 4) is 17.2 Å². The molecule has 0 unspecified atom stereocenters. The van der Waals surface area contributed by atoms with Crippen LogP contribution in [-0.4, -0.2) is 81.6 Å². The molecule has 2 saturated heterocycles. The van der Waals surface area contributed by atoms with Crippen LogP contribution in [0.15, 0.2) is 42.5 Å². The maximum atomic E-state index is 12.6. The first kappa shape index (κ1) is 25.3. The fourth-order valence-electron chi connectivity index (χ4n) is 5.91. The maximum Gasteiger partial charge on any atom is 0.211 e. The molecule has 5 rings (SSSR count). The Hall–Kier alpha value is -2.36. The van der Waals surface area contributed by atoms with E-state index in [0.717, 1.165) is 49.4 Å². The van der Waals surface area contributed by atoms with Crippen molar-refractivity contribution in [2.24, 2.45) is 17.8 Å². The van der Waals surface area contributed by atoms with Gasteiger partial charge in [0.25, 0.3) is 0 Å². The molecule has 0 saturated carbocycles. The Morgan fingerprint density at radius 3 is 2.50 bits per heavy atom. The smallest absolute Gasteiger partial charge is 0.211 e. The minimum Gasteiger partial charge on any atom is -0.508 e. The number of phenolic OH excluding ortho intramolecular Hbond substituents is 1. The number of phenols is 1. The number of aromatic hydroxyl groups is 1. The fraction of sp³-hybridized carbons (Fsp3) is 0.556. The van der Waals surface area contributed by atoms with E-state index in [4.69, 9.17) is 9.47 Å². The molecule has 7 nitrogen and oxygen atoms in total. The van der Waals surface area contributed by atoms with E-state index in [9.17, 15) is 17.9 Å². The number of hydrogen-bond donors (Lipinski definition) is 1. The third-order valence-corrected chi connectivity index (χ3v) is 9.23. The third-order valence-electron chi connectivity index (χ3n) is 7.93. The van der Waals surface area contributed by atoms with Crippen LogP contribution in [0.3, 0.4) is 0 Å². The number of likely N-dealkylation sites (tertiary alicyclic amines) is 1. The molecule has 0 spiro atoms. The monoisotopic (exact) mass is 518 g/mol. The predicted molar refractivity (Wildman–Crippen MR) is 136 cm³/mol. The minimum atomic E-state index is -3.18. The Morgan fingerprint density at radius 1 is 1.11 bits per heavy atom. The lowest BCUT2D eigenvalue weighted by Gasteiger charge is -2.41.